The topological polar surface area (TPSA) is 24.9 Å². The van der Waals surface area contributed by atoms with E-state index in [0.717, 1.165) is 10.6 Å². The number of aromatic nitrogens is 1. The van der Waals surface area contributed by atoms with Gasteiger partial charge in [0.2, 0.25) is 0 Å². The van der Waals surface area contributed by atoms with Crippen LogP contribution in [0.4, 0.5) is 5.13 Å². The molecule has 2 rings (SSSR count). The van der Waals surface area contributed by atoms with Gasteiger partial charge in [-0.3, -0.25) is 0 Å². The fourth-order valence-corrected chi connectivity index (χ4v) is 2.21. The average molecular weight is 192 g/mol. The largest absolute Gasteiger partial charge is 0.365 e. The van der Waals surface area contributed by atoms with Crippen LogP contribution in [0.2, 0.25) is 0 Å². The van der Waals surface area contributed by atoms with E-state index in [4.69, 9.17) is 0 Å². The highest BCUT2D eigenvalue weighted by Crippen LogP contribution is 2.28. The van der Waals surface area contributed by atoms with E-state index in [1.807, 2.05) is 7.05 Å². The summed E-state index contributed by atoms with van der Waals surface area (Å²) in [6, 6.07) is 4.28. The molecule has 0 radical (unpaired) electrons. The fraction of sp³-hybridized carbons (Fsp3) is 0.300. The number of aryl methyl sites for hydroxylation is 2. The fourth-order valence-electron chi connectivity index (χ4n) is 1.33. The van der Waals surface area contributed by atoms with Gasteiger partial charge in [-0.25, -0.2) is 4.98 Å². The van der Waals surface area contributed by atoms with Crippen molar-refractivity contribution in [2.24, 2.45) is 0 Å². The van der Waals surface area contributed by atoms with Crippen molar-refractivity contribution in [3.63, 3.8) is 0 Å². The minimum Gasteiger partial charge on any atom is -0.365 e. The van der Waals surface area contributed by atoms with Crippen molar-refractivity contribution in [3.05, 3.63) is 23.3 Å². The number of nitrogens with one attached hydrogen (secondary N) is 1. The normalized spacial score (nSPS) is 10.7. The van der Waals surface area contributed by atoms with Crippen LogP contribution in [0.25, 0.3) is 10.2 Å². The molecule has 0 saturated heterocycles. The Kier molecular flexibility index (Phi) is 1.96. The molecule has 2 aromatic rings. The van der Waals surface area contributed by atoms with Crippen LogP contribution in [0, 0.1) is 13.8 Å². The molecular weight excluding hydrogens is 180 g/mol. The predicted octanol–water partition coefficient (Wildman–Crippen LogP) is 2.95. The number of hydrogen-bond donors (Lipinski definition) is 1. The van der Waals surface area contributed by atoms with Crippen LogP contribution >= 0.6 is 11.3 Å². The molecule has 0 atom stereocenters. The summed E-state index contributed by atoms with van der Waals surface area (Å²) in [5.74, 6) is 0. The number of hydrogen-bond acceptors (Lipinski definition) is 3. The molecule has 68 valence electrons. The van der Waals surface area contributed by atoms with Crippen molar-refractivity contribution in [2.45, 2.75) is 13.8 Å². The first kappa shape index (κ1) is 8.51. The molecule has 0 spiro atoms. The number of nitrogens with zero attached hydrogens (tertiary/aromatic N) is 1. The van der Waals surface area contributed by atoms with Crippen LogP contribution in [-0.2, 0) is 0 Å². The second-order valence-corrected chi connectivity index (χ2v) is 4.15. The Morgan fingerprint density at radius 1 is 1.31 bits per heavy atom. The minimum atomic E-state index is 0.990. The zero-order valence-corrected chi connectivity index (χ0v) is 8.83. The highest BCUT2D eigenvalue weighted by Gasteiger charge is 2.05. The molecule has 0 aliphatic rings. The van der Waals surface area contributed by atoms with Gasteiger partial charge in [0.25, 0.3) is 0 Å². The summed E-state index contributed by atoms with van der Waals surface area (Å²) in [6.45, 7) is 4.24. The van der Waals surface area contributed by atoms with Crippen LogP contribution in [0.5, 0.6) is 0 Å². The van der Waals surface area contributed by atoms with E-state index in [1.54, 1.807) is 11.3 Å². The van der Waals surface area contributed by atoms with Gasteiger partial charge in [-0.1, -0.05) is 17.4 Å². The molecule has 0 bridgehead atoms. The summed E-state index contributed by atoms with van der Waals surface area (Å²) in [5, 5.41) is 4.06. The third-order valence-electron chi connectivity index (χ3n) is 2.30. The molecule has 0 amide bonds. The molecule has 0 saturated carbocycles. The Balaban J connectivity index is 2.76. The summed E-state index contributed by atoms with van der Waals surface area (Å²) in [6.07, 6.45) is 0. The molecule has 3 heteroatoms. The lowest BCUT2D eigenvalue weighted by Gasteiger charge is -1.97. The number of anilines is 1. The van der Waals surface area contributed by atoms with Gasteiger partial charge < -0.3 is 5.32 Å². The lowest BCUT2D eigenvalue weighted by atomic mass is 10.1. The molecule has 0 fully saturated rings. The number of fused-ring (bicyclic) bond motifs is 1. The van der Waals surface area contributed by atoms with Crippen molar-refractivity contribution >= 4 is 26.7 Å². The third-order valence-corrected chi connectivity index (χ3v) is 3.34. The zero-order valence-electron chi connectivity index (χ0n) is 8.01. The van der Waals surface area contributed by atoms with Gasteiger partial charge in [-0.05, 0) is 31.0 Å². The summed E-state index contributed by atoms with van der Waals surface area (Å²) in [7, 11) is 1.90. The molecule has 1 heterocycles. The van der Waals surface area contributed by atoms with Gasteiger partial charge in [-0.2, -0.15) is 0 Å². The van der Waals surface area contributed by atoms with Crippen LogP contribution in [-0.4, -0.2) is 12.0 Å². The first-order valence-electron chi connectivity index (χ1n) is 4.27. The van der Waals surface area contributed by atoms with Crippen molar-refractivity contribution in [1.82, 2.24) is 4.98 Å². The van der Waals surface area contributed by atoms with Crippen molar-refractivity contribution in [2.75, 3.05) is 12.4 Å². The standard InChI is InChI=1S/C10H12N2S/c1-6-4-5-8-9(7(6)2)12-10(11-3)13-8/h4-5H,1-3H3,(H,11,12). The van der Waals surface area contributed by atoms with E-state index >= 15 is 0 Å². The lowest BCUT2D eigenvalue weighted by molar-refractivity contribution is 1.33. The molecular formula is C10H12N2S. The first-order valence-corrected chi connectivity index (χ1v) is 5.08. The summed E-state index contributed by atoms with van der Waals surface area (Å²) in [5.41, 5.74) is 3.73. The van der Waals surface area contributed by atoms with E-state index in [9.17, 15) is 0 Å². The Labute approximate surface area is 81.6 Å². The van der Waals surface area contributed by atoms with Crippen LogP contribution in [0.3, 0.4) is 0 Å². The Morgan fingerprint density at radius 2 is 2.08 bits per heavy atom. The van der Waals surface area contributed by atoms with Crippen molar-refractivity contribution < 1.29 is 0 Å². The predicted molar refractivity (Wildman–Crippen MR) is 58.6 cm³/mol. The second kappa shape index (κ2) is 3.00. The molecule has 1 N–H and O–H groups in total. The van der Waals surface area contributed by atoms with Gasteiger partial charge in [0.05, 0.1) is 10.2 Å². The summed E-state index contributed by atoms with van der Waals surface area (Å²) in [4.78, 5) is 4.50. The zero-order chi connectivity index (χ0) is 9.42. The van der Waals surface area contributed by atoms with E-state index < -0.39 is 0 Å². The lowest BCUT2D eigenvalue weighted by Crippen LogP contribution is -1.86. The van der Waals surface area contributed by atoms with Crippen LogP contribution in [0.1, 0.15) is 11.1 Å². The van der Waals surface area contributed by atoms with E-state index in [1.165, 1.54) is 15.8 Å². The number of benzene rings is 1. The van der Waals surface area contributed by atoms with Gasteiger partial charge >= 0.3 is 0 Å². The quantitative estimate of drug-likeness (QED) is 0.751. The van der Waals surface area contributed by atoms with Crippen LogP contribution in [0.15, 0.2) is 12.1 Å². The molecule has 1 aromatic heterocycles. The maximum absolute atomic E-state index is 4.50. The molecule has 0 aliphatic carbocycles. The van der Waals surface area contributed by atoms with E-state index in [2.05, 4.69) is 36.3 Å². The maximum Gasteiger partial charge on any atom is 0.183 e. The Morgan fingerprint density at radius 3 is 2.77 bits per heavy atom. The average Bonchev–Trinajstić information content (AvgIpc) is 2.55. The molecule has 1 aromatic carbocycles. The summed E-state index contributed by atoms with van der Waals surface area (Å²) < 4.78 is 1.26. The second-order valence-electron chi connectivity index (χ2n) is 3.12. The SMILES string of the molecule is CNc1nc2c(C)c(C)ccc2s1. The molecule has 0 aliphatic heterocycles. The Bertz CT molecular complexity index is 445. The van der Waals surface area contributed by atoms with Gasteiger partial charge in [0, 0.05) is 7.05 Å². The Hall–Kier alpha value is -1.09. The third kappa shape index (κ3) is 1.29. The van der Waals surface area contributed by atoms with Gasteiger partial charge in [0.1, 0.15) is 0 Å². The smallest absolute Gasteiger partial charge is 0.183 e. The van der Waals surface area contributed by atoms with Gasteiger partial charge in [-0.15, -0.1) is 0 Å². The molecule has 13 heavy (non-hydrogen) atoms. The molecule has 2 nitrogen and oxygen atoms in total. The highest BCUT2D eigenvalue weighted by molar-refractivity contribution is 7.22. The maximum atomic E-state index is 4.50. The first-order chi connectivity index (χ1) is 6.22. The number of rotatable bonds is 1. The van der Waals surface area contributed by atoms with E-state index in [-0.39, 0.29) is 0 Å². The van der Waals surface area contributed by atoms with Crippen molar-refractivity contribution in [1.29, 1.82) is 0 Å². The summed E-state index contributed by atoms with van der Waals surface area (Å²) >= 11 is 1.70. The number of thiazole rings is 1. The monoisotopic (exact) mass is 192 g/mol. The minimum absolute atomic E-state index is 0.990. The molecule has 0 unspecified atom stereocenters. The van der Waals surface area contributed by atoms with Gasteiger partial charge in [0.15, 0.2) is 5.13 Å². The highest BCUT2D eigenvalue weighted by atomic mass is 32.1. The van der Waals surface area contributed by atoms with Crippen molar-refractivity contribution in [3.8, 4) is 0 Å². The van der Waals surface area contributed by atoms with Crippen LogP contribution < -0.4 is 5.32 Å². The van der Waals surface area contributed by atoms with E-state index in [0.29, 0.717) is 0 Å².